The molecule has 0 fully saturated rings. The molecule has 1 rings (SSSR count). The molecule has 0 amide bonds. The van der Waals surface area contributed by atoms with Gasteiger partial charge in [0.25, 0.3) is 0 Å². The summed E-state index contributed by atoms with van der Waals surface area (Å²) in [7, 11) is 0. The Bertz CT molecular complexity index is 317. The average molecular weight is 240 g/mol. The third-order valence-electron chi connectivity index (χ3n) is 2.41. The summed E-state index contributed by atoms with van der Waals surface area (Å²) in [5.74, 6) is -0.188. The molecule has 16 heavy (non-hydrogen) atoms. The van der Waals surface area contributed by atoms with Gasteiger partial charge in [0, 0.05) is 4.88 Å². The molecule has 0 atom stereocenters. The summed E-state index contributed by atoms with van der Waals surface area (Å²) in [6.07, 6.45) is 6.15. The molecule has 1 heterocycles. The number of carbonyl (C=O) groups is 1. The molecule has 0 aliphatic heterocycles. The van der Waals surface area contributed by atoms with Crippen LogP contribution in [0.25, 0.3) is 0 Å². The lowest BCUT2D eigenvalue weighted by Crippen LogP contribution is -2.01. The molecule has 0 aromatic carbocycles. The summed E-state index contributed by atoms with van der Waals surface area (Å²) >= 11 is 1.56. The van der Waals surface area contributed by atoms with Crippen LogP contribution in [0.15, 0.2) is 12.1 Å². The lowest BCUT2D eigenvalue weighted by molar-refractivity contribution is 0.0532. The second kappa shape index (κ2) is 7.44. The van der Waals surface area contributed by atoms with Crippen molar-refractivity contribution in [2.24, 2.45) is 0 Å². The summed E-state index contributed by atoms with van der Waals surface area (Å²) in [6.45, 7) is 4.49. The Morgan fingerprint density at radius 3 is 2.75 bits per heavy atom. The normalized spacial score (nSPS) is 10.4. The van der Waals surface area contributed by atoms with Gasteiger partial charge in [-0.3, -0.25) is 0 Å². The van der Waals surface area contributed by atoms with E-state index >= 15 is 0 Å². The lowest BCUT2D eigenvalue weighted by atomic mass is 10.1. The number of rotatable bonds is 7. The monoisotopic (exact) mass is 240 g/mol. The fourth-order valence-corrected chi connectivity index (χ4v) is 2.49. The standard InChI is InChI=1S/C13H20O2S/c1-3-5-6-7-8-11-9-10-12(16-11)13(14)15-4-2/h9-10H,3-8H2,1-2H3. The van der Waals surface area contributed by atoms with E-state index in [2.05, 4.69) is 6.92 Å². The van der Waals surface area contributed by atoms with Gasteiger partial charge in [0.15, 0.2) is 0 Å². The zero-order chi connectivity index (χ0) is 11.8. The molecule has 0 saturated carbocycles. The van der Waals surface area contributed by atoms with Crippen molar-refractivity contribution >= 4 is 17.3 Å². The molecule has 1 aromatic rings. The number of thiophene rings is 1. The van der Waals surface area contributed by atoms with Crippen LogP contribution < -0.4 is 0 Å². The highest BCUT2D eigenvalue weighted by Gasteiger charge is 2.09. The Morgan fingerprint density at radius 2 is 2.06 bits per heavy atom. The first kappa shape index (κ1) is 13.2. The van der Waals surface area contributed by atoms with Gasteiger partial charge in [-0.25, -0.2) is 4.79 Å². The second-order valence-electron chi connectivity index (χ2n) is 3.80. The van der Waals surface area contributed by atoms with Crippen LogP contribution in [0.1, 0.15) is 54.1 Å². The molecule has 1 aromatic heterocycles. The van der Waals surface area contributed by atoms with E-state index in [9.17, 15) is 4.79 Å². The topological polar surface area (TPSA) is 26.3 Å². The number of esters is 1. The van der Waals surface area contributed by atoms with E-state index in [4.69, 9.17) is 4.74 Å². The maximum Gasteiger partial charge on any atom is 0.348 e. The van der Waals surface area contributed by atoms with E-state index in [1.807, 2.05) is 19.1 Å². The Kier molecular flexibility index (Phi) is 6.16. The molecular formula is C13H20O2S. The summed E-state index contributed by atoms with van der Waals surface area (Å²) < 4.78 is 4.96. The molecule has 0 saturated heterocycles. The average Bonchev–Trinajstić information content (AvgIpc) is 2.73. The molecular weight excluding hydrogens is 220 g/mol. The number of ether oxygens (including phenoxy) is 1. The number of carbonyl (C=O) groups excluding carboxylic acids is 1. The summed E-state index contributed by atoms with van der Waals surface area (Å²) in [6, 6.07) is 3.92. The van der Waals surface area contributed by atoms with Gasteiger partial charge in [0.05, 0.1) is 6.61 Å². The van der Waals surface area contributed by atoms with Crippen molar-refractivity contribution in [1.29, 1.82) is 0 Å². The molecule has 2 nitrogen and oxygen atoms in total. The van der Waals surface area contributed by atoms with E-state index in [-0.39, 0.29) is 5.97 Å². The fraction of sp³-hybridized carbons (Fsp3) is 0.615. The highest BCUT2D eigenvalue weighted by molar-refractivity contribution is 7.13. The quantitative estimate of drug-likeness (QED) is 0.531. The third kappa shape index (κ3) is 4.35. The van der Waals surface area contributed by atoms with Crippen molar-refractivity contribution in [2.75, 3.05) is 6.61 Å². The number of unbranched alkanes of at least 4 members (excludes halogenated alkanes) is 3. The number of aryl methyl sites for hydroxylation is 1. The summed E-state index contributed by atoms with van der Waals surface area (Å²) in [5, 5.41) is 0. The molecule has 0 unspecified atom stereocenters. The molecule has 0 bridgehead atoms. The van der Waals surface area contributed by atoms with Crippen LogP contribution in [0.5, 0.6) is 0 Å². The van der Waals surface area contributed by atoms with Crippen LogP contribution in [-0.2, 0) is 11.2 Å². The molecule has 90 valence electrons. The minimum Gasteiger partial charge on any atom is -0.462 e. The van der Waals surface area contributed by atoms with Gasteiger partial charge in [-0.2, -0.15) is 0 Å². The van der Waals surface area contributed by atoms with Crippen LogP contribution in [0.2, 0.25) is 0 Å². The predicted octanol–water partition coefficient (Wildman–Crippen LogP) is 4.05. The van der Waals surface area contributed by atoms with Crippen LogP contribution in [0.3, 0.4) is 0 Å². The van der Waals surface area contributed by atoms with Crippen molar-refractivity contribution in [3.8, 4) is 0 Å². The maximum atomic E-state index is 11.4. The van der Waals surface area contributed by atoms with Crippen molar-refractivity contribution in [3.63, 3.8) is 0 Å². The number of hydrogen-bond donors (Lipinski definition) is 0. The first-order valence-corrected chi connectivity index (χ1v) is 6.85. The molecule has 0 N–H and O–H groups in total. The van der Waals surface area contributed by atoms with Gasteiger partial charge in [0.2, 0.25) is 0 Å². The van der Waals surface area contributed by atoms with Gasteiger partial charge in [-0.15, -0.1) is 11.3 Å². The van der Waals surface area contributed by atoms with E-state index in [0.29, 0.717) is 6.61 Å². The number of hydrogen-bond acceptors (Lipinski definition) is 3. The zero-order valence-corrected chi connectivity index (χ0v) is 10.9. The molecule has 0 spiro atoms. The Balaban J connectivity index is 2.36. The summed E-state index contributed by atoms with van der Waals surface area (Å²) in [4.78, 5) is 13.4. The Morgan fingerprint density at radius 1 is 1.25 bits per heavy atom. The highest BCUT2D eigenvalue weighted by Crippen LogP contribution is 2.19. The minimum absolute atomic E-state index is 0.188. The SMILES string of the molecule is CCCCCCc1ccc(C(=O)OCC)s1. The van der Waals surface area contributed by atoms with Crippen molar-refractivity contribution in [1.82, 2.24) is 0 Å². The molecule has 0 aliphatic rings. The van der Waals surface area contributed by atoms with Crippen molar-refractivity contribution in [2.45, 2.75) is 46.0 Å². The smallest absolute Gasteiger partial charge is 0.348 e. The summed E-state index contributed by atoms with van der Waals surface area (Å²) in [5.41, 5.74) is 0. The van der Waals surface area contributed by atoms with Crippen molar-refractivity contribution in [3.05, 3.63) is 21.9 Å². The van der Waals surface area contributed by atoms with E-state index in [0.717, 1.165) is 11.3 Å². The third-order valence-corrected chi connectivity index (χ3v) is 3.54. The lowest BCUT2D eigenvalue weighted by Gasteiger charge is -1.98. The fourth-order valence-electron chi connectivity index (χ4n) is 1.55. The van der Waals surface area contributed by atoms with E-state index in [1.54, 1.807) is 11.3 Å². The Hall–Kier alpha value is -0.830. The first-order valence-electron chi connectivity index (χ1n) is 6.03. The van der Waals surface area contributed by atoms with Gasteiger partial charge in [-0.1, -0.05) is 26.2 Å². The zero-order valence-electron chi connectivity index (χ0n) is 10.1. The maximum absolute atomic E-state index is 11.4. The Labute approximate surface area is 102 Å². The molecule has 0 aliphatic carbocycles. The van der Waals surface area contributed by atoms with E-state index in [1.165, 1.54) is 30.6 Å². The largest absolute Gasteiger partial charge is 0.462 e. The second-order valence-corrected chi connectivity index (χ2v) is 4.97. The van der Waals surface area contributed by atoms with Crippen LogP contribution >= 0.6 is 11.3 Å². The van der Waals surface area contributed by atoms with E-state index < -0.39 is 0 Å². The first-order chi connectivity index (χ1) is 7.77. The van der Waals surface area contributed by atoms with Gasteiger partial charge in [0.1, 0.15) is 4.88 Å². The van der Waals surface area contributed by atoms with Crippen molar-refractivity contribution < 1.29 is 9.53 Å². The molecule has 3 heteroatoms. The van der Waals surface area contributed by atoms with Gasteiger partial charge >= 0.3 is 5.97 Å². The van der Waals surface area contributed by atoms with Crippen LogP contribution in [-0.4, -0.2) is 12.6 Å². The van der Waals surface area contributed by atoms with Gasteiger partial charge in [-0.05, 0) is 31.9 Å². The minimum atomic E-state index is -0.188. The van der Waals surface area contributed by atoms with Crippen LogP contribution in [0, 0.1) is 0 Å². The molecule has 0 radical (unpaired) electrons. The predicted molar refractivity (Wildman–Crippen MR) is 68.1 cm³/mol. The van der Waals surface area contributed by atoms with Crippen LogP contribution in [0.4, 0.5) is 0 Å². The van der Waals surface area contributed by atoms with Gasteiger partial charge < -0.3 is 4.74 Å². The highest BCUT2D eigenvalue weighted by atomic mass is 32.1.